The van der Waals surface area contributed by atoms with Gasteiger partial charge in [-0.15, -0.1) is 0 Å². The Bertz CT molecular complexity index is 418. The molecule has 1 aromatic rings. The molecule has 2 heterocycles. The lowest BCUT2D eigenvalue weighted by Gasteiger charge is -2.35. The fraction of sp³-hybridized carbons (Fsp3) is 0.800. The monoisotopic (exact) mass is 280 g/mol. The molecule has 0 bridgehead atoms. The Kier molecular flexibility index (Phi) is 5.43. The summed E-state index contributed by atoms with van der Waals surface area (Å²) < 4.78 is 7.41. The second-order valence-corrected chi connectivity index (χ2v) is 5.80. The van der Waals surface area contributed by atoms with Gasteiger partial charge in [0.2, 0.25) is 5.95 Å². The number of piperidine rings is 1. The summed E-state index contributed by atoms with van der Waals surface area (Å²) in [5, 5.41) is 0. The largest absolute Gasteiger partial charge is 0.385 e. The highest BCUT2D eigenvalue weighted by atomic mass is 16.5. The first-order valence-electron chi connectivity index (χ1n) is 7.71. The normalized spacial score (nSPS) is 23.3. The fourth-order valence-electron chi connectivity index (χ4n) is 2.71. The van der Waals surface area contributed by atoms with E-state index in [0.717, 1.165) is 57.1 Å². The van der Waals surface area contributed by atoms with E-state index in [0.29, 0.717) is 5.92 Å². The third-order valence-corrected chi connectivity index (χ3v) is 4.21. The van der Waals surface area contributed by atoms with Gasteiger partial charge < -0.3 is 19.9 Å². The summed E-state index contributed by atoms with van der Waals surface area (Å²) in [5.74, 6) is 1.69. The van der Waals surface area contributed by atoms with Gasteiger partial charge in [0.1, 0.15) is 0 Å². The molecule has 0 aromatic carbocycles. The van der Waals surface area contributed by atoms with Crippen LogP contribution in [0.25, 0.3) is 0 Å². The molecule has 20 heavy (non-hydrogen) atoms. The first-order valence-corrected chi connectivity index (χ1v) is 7.71. The molecular formula is C15H28N4O. The van der Waals surface area contributed by atoms with Crippen LogP contribution in [0.5, 0.6) is 0 Å². The summed E-state index contributed by atoms with van der Waals surface area (Å²) in [6, 6.07) is 0.248. The molecule has 0 aliphatic carbocycles. The summed E-state index contributed by atoms with van der Waals surface area (Å²) in [6.07, 6.45) is 5.31. The molecule has 2 rings (SSSR count). The minimum atomic E-state index is 0.248. The minimum Gasteiger partial charge on any atom is -0.385 e. The van der Waals surface area contributed by atoms with Crippen molar-refractivity contribution in [2.75, 3.05) is 31.7 Å². The van der Waals surface area contributed by atoms with Gasteiger partial charge in [0, 0.05) is 45.6 Å². The molecule has 5 nitrogen and oxygen atoms in total. The zero-order valence-corrected chi connectivity index (χ0v) is 13.0. The van der Waals surface area contributed by atoms with Crippen LogP contribution in [0.3, 0.4) is 0 Å². The van der Waals surface area contributed by atoms with Gasteiger partial charge in [0.15, 0.2) is 0 Å². The Labute approximate surface area is 122 Å². The zero-order valence-electron chi connectivity index (χ0n) is 13.0. The van der Waals surface area contributed by atoms with Crippen LogP contribution in [0.1, 0.15) is 32.4 Å². The predicted molar refractivity (Wildman–Crippen MR) is 82.1 cm³/mol. The number of nitrogens with zero attached hydrogens (tertiary/aromatic N) is 3. The number of aromatic nitrogens is 2. The molecule has 1 saturated heterocycles. The van der Waals surface area contributed by atoms with E-state index in [1.165, 1.54) is 0 Å². The van der Waals surface area contributed by atoms with E-state index in [2.05, 4.69) is 29.5 Å². The summed E-state index contributed by atoms with van der Waals surface area (Å²) in [6.45, 7) is 8.10. The zero-order chi connectivity index (χ0) is 14.5. The van der Waals surface area contributed by atoms with Crippen LogP contribution in [0.15, 0.2) is 6.20 Å². The maximum atomic E-state index is 6.22. The second-order valence-electron chi connectivity index (χ2n) is 5.80. The van der Waals surface area contributed by atoms with Crippen LogP contribution in [0, 0.1) is 5.92 Å². The van der Waals surface area contributed by atoms with E-state index in [1.807, 2.05) is 0 Å². The SMILES string of the molecule is CCc1cn(CCCOC)c(N2CCC(C)C(N)C2)n1. The number of rotatable bonds is 6. The lowest BCUT2D eigenvalue weighted by Crippen LogP contribution is -2.48. The van der Waals surface area contributed by atoms with E-state index in [9.17, 15) is 0 Å². The molecule has 0 amide bonds. The first kappa shape index (κ1) is 15.3. The quantitative estimate of drug-likeness (QED) is 0.805. The van der Waals surface area contributed by atoms with E-state index in [4.69, 9.17) is 15.5 Å². The minimum absolute atomic E-state index is 0.248. The van der Waals surface area contributed by atoms with Gasteiger partial charge in [-0.25, -0.2) is 4.98 Å². The van der Waals surface area contributed by atoms with Gasteiger partial charge in [0.05, 0.1) is 5.69 Å². The number of hydrogen-bond donors (Lipinski definition) is 1. The number of aryl methyl sites for hydroxylation is 2. The summed E-state index contributed by atoms with van der Waals surface area (Å²) in [4.78, 5) is 7.13. The van der Waals surface area contributed by atoms with Crippen molar-refractivity contribution < 1.29 is 4.74 Å². The summed E-state index contributed by atoms with van der Waals surface area (Å²) in [5.41, 5.74) is 7.38. The van der Waals surface area contributed by atoms with Gasteiger partial charge in [-0.05, 0) is 25.2 Å². The Morgan fingerprint density at radius 2 is 2.30 bits per heavy atom. The highest BCUT2D eigenvalue weighted by molar-refractivity contribution is 5.35. The molecule has 0 radical (unpaired) electrons. The van der Waals surface area contributed by atoms with Crippen molar-refractivity contribution in [3.8, 4) is 0 Å². The standard InChI is InChI=1S/C15H28N4O/c1-4-13-10-18(7-5-9-20-3)15(17-13)19-8-6-12(2)14(16)11-19/h10,12,14H,4-9,11,16H2,1-3H3. The molecular weight excluding hydrogens is 252 g/mol. The molecule has 114 valence electrons. The average molecular weight is 280 g/mol. The Morgan fingerprint density at radius 1 is 1.50 bits per heavy atom. The first-order chi connectivity index (χ1) is 9.65. The van der Waals surface area contributed by atoms with Gasteiger partial charge in [0.25, 0.3) is 0 Å². The van der Waals surface area contributed by atoms with E-state index < -0.39 is 0 Å². The number of methoxy groups -OCH3 is 1. The van der Waals surface area contributed by atoms with Crippen molar-refractivity contribution in [1.29, 1.82) is 0 Å². The molecule has 0 saturated carbocycles. The smallest absolute Gasteiger partial charge is 0.205 e. The Balaban J connectivity index is 2.10. The molecule has 1 aromatic heterocycles. The lowest BCUT2D eigenvalue weighted by atomic mass is 9.94. The van der Waals surface area contributed by atoms with Crippen LogP contribution in [0.4, 0.5) is 5.95 Å². The second kappa shape index (κ2) is 7.09. The highest BCUT2D eigenvalue weighted by Crippen LogP contribution is 2.22. The maximum Gasteiger partial charge on any atom is 0.205 e. The van der Waals surface area contributed by atoms with Crippen LogP contribution in [-0.4, -0.2) is 42.4 Å². The number of hydrogen-bond acceptors (Lipinski definition) is 4. The van der Waals surface area contributed by atoms with Crippen molar-refractivity contribution >= 4 is 5.95 Å². The number of ether oxygens (including phenoxy) is 1. The Hall–Kier alpha value is -1.07. The molecule has 0 spiro atoms. The molecule has 2 N–H and O–H groups in total. The van der Waals surface area contributed by atoms with Crippen LogP contribution >= 0.6 is 0 Å². The van der Waals surface area contributed by atoms with Gasteiger partial charge in [-0.3, -0.25) is 0 Å². The average Bonchev–Trinajstić information content (AvgIpc) is 2.85. The summed E-state index contributed by atoms with van der Waals surface area (Å²) in [7, 11) is 1.75. The maximum absolute atomic E-state index is 6.22. The van der Waals surface area contributed by atoms with Crippen LogP contribution < -0.4 is 10.6 Å². The highest BCUT2D eigenvalue weighted by Gasteiger charge is 2.26. The van der Waals surface area contributed by atoms with E-state index in [-0.39, 0.29) is 6.04 Å². The third kappa shape index (κ3) is 3.52. The summed E-state index contributed by atoms with van der Waals surface area (Å²) >= 11 is 0. The molecule has 2 atom stereocenters. The third-order valence-electron chi connectivity index (χ3n) is 4.21. The molecule has 1 aliphatic rings. The molecule has 2 unspecified atom stereocenters. The van der Waals surface area contributed by atoms with E-state index in [1.54, 1.807) is 7.11 Å². The van der Waals surface area contributed by atoms with Crippen LogP contribution in [0.2, 0.25) is 0 Å². The van der Waals surface area contributed by atoms with Crippen molar-refractivity contribution in [2.45, 2.75) is 45.7 Å². The number of anilines is 1. The number of nitrogens with two attached hydrogens (primary N) is 1. The van der Waals surface area contributed by atoms with Gasteiger partial charge in [-0.2, -0.15) is 0 Å². The topological polar surface area (TPSA) is 56.3 Å². The van der Waals surface area contributed by atoms with E-state index >= 15 is 0 Å². The van der Waals surface area contributed by atoms with Crippen molar-refractivity contribution in [3.63, 3.8) is 0 Å². The van der Waals surface area contributed by atoms with Crippen molar-refractivity contribution in [2.24, 2.45) is 11.7 Å². The Morgan fingerprint density at radius 3 is 2.95 bits per heavy atom. The molecule has 1 aliphatic heterocycles. The van der Waals surface area contributed by atoms with Gasteiger partial charge >= 0.3 is 0 Å². The van der Waals surface area contributed by atoms with Crippen molar-refractivity contribution in [3.05, 3.63) is 11.9 Å². The molecule has 5 heteroatoms. The predicted octanol–water partition coefficient (Wildman–Crippen LogP) is 1.66. The molecule has 1 fully saturated rings. The fourth-order valence-corrected chi connectivity index (χ4v) is 2.71. The van der Waals surface area contributed by atoms with Crippen molar-refractivity contribution in [1.82, 2.24) is 9.55 Å². The number of imidazole rings is 1. The van der Waals surface area contributed by atoms with Crippen LogP contribution in [-0.2, 0) is 17.7 Å². The van der Waals surface area contributed by atoms with Gasteiger partial charge in [-0.1, -0.05) is 13.8 Å². The lowest BCUT2D eigenvalue weighted by molar-refractivity contribution is 0.190.